The average Bonchev–Trinajstić information content (AvgIpc) is 2.83. The zero-order valence-electron chi connectivity index (χ0n) is 14.3. The van der Waals surface area contributed by atoms with Crippen molar-refractivity contribution >= 4 is 5.91 Å². The van der Waals surface area contributed by atoms with E-state index in [0.717, 1.165) is 58.8 Å². The van der Waals surface area contributed by atoms with Crippen molar-refractivity contribution < 1.29 is 13.9 Å². The maximum absolute atomic E-state index is 13.7. The molecular weight excluding hydrogens is 307 g/mol. The summed E-state index contributed by atoms with van der Waals surface area (Å²) in [6.45, 7) is 6.41. The molecule has 1 aromatic carbocycles. The van der Waals surface area contributed by atoms with Gasteiger partial charge < -0.3 is 9.64 Å². The van der Waals surface area contributed by atoms with Crippen LogP contribution in [0.1, 0.15) is 24.8 Å². The normalized spacial score (nSPS) is 23.0. The summed E-state index contributed by atoms with van der Waals surface area (Å²) in [6.07, 6.45) is 3.42. The summed E-state index contributed by atoms with van der Waals surface area (Å²) in [5.41, 5.74) is 0.497. The van der Waals surface area contributed by atoms with Crippen LogP contribution in [0.5, 0.6) is 0 Å². The molecule has 2 aliphatic heterocycles. The van der Waals surface area contributed by atoms with Crippen molar-refractivity contribution in [3.8, 4) is 0 Å². The molecule has 2 heterocycles. The molecule has 3 rings (SSSR count). The number of halogens is 1. The van der Waals surface area contributed by atoms with Gasteiger partial charge >= 0.3 is 0 Å². The summed E-state index contributed by atoms with van der Waals surface area (Å²) in [4.78, 5) is 16.9. The number of ether oxygens (including phenoxy) is 1. The Balaban J connectivity index is 1.49. The van der Waals surface area contributed by atoms with Crippen molar-refractivity contribution in [2.75, 3.05) is 45.9 Å². The first-order chi connectivity index (χ1) is 11.7. The van der Waals surface area contributed by atoms with Crippen LogP contribution in [0.4, 0.5) is 4.39 Å². The highest BCUT2D eigenvalue weighted by Gasteiger charge is 2.23. The van der Waals surface area contributed by atoms with Gasteiger partial charge in [0.25, 0.3) is 0 Å². The number of hydrogen-bond donors (Lipinski definition) is 0. The number of likely N-dealkylation sites (tertiary alicyclic amines) is 1. The molecule has 1 aromatic rings. The van der Waals surface area contributed by atoms with E-state index in [9.17, 15) is 9.18 Å². The molecule has 132 valence electrons. The molecule has 0 saturated carbocycles. The highest BCUT2D eigenvalue weighted by atomic mass is 19.1. The lowest BCUT2D eigenvalue weighted by atomic mass is 10.00. The summed E-state index contributed by atoms with van der Waals surface area (Å²) < 4.78 is 19.1. The van der Waals surface area contributed by atoms with Crippen LogP contribution in [0.2, 0.25) is 0 Å². The second-order valence-corrected chi connectivity index (χ2v) is 6.86. The molecule has 4 nitrogen and oxygen atoms in total. The fourth-order valence-electron chi connectivity index (χ4n) is 3.66. The summed E-state index contributed by atoms with van der Waals surface area (Å²) >= 11 is 0. The average molecular weight is 334 g/mol. The Hall–Kier alpha value is -1.46. The summed E-state index contributed by atoms with van der Waals surface area (Å²) in [7, 11) is 0. The quantitative estimate of drug-likeness (QED) is 0.847. The van der Waals surface area contributed by atoms with Gasteiger partial charge in [0.15, 0.2) is 0 Å². The second-order valence-electron chi connectivity index (χ2n) is 6.86. The topological polar surface area (TPSA) is 32.8 Å². The summed E-state index contributed by atoms with van der Waals surface area (Å²) in [5.74, 6) is 0.410. The molecule has 0 radical (unpaired) electrons. The van der Waals surface area contributed by atoms with Gasteiger partial charge in [0, 0.05) is 32.7 Å². The van der Waals surface area contributed by atoms with Gasteiger partial charge in [0.2, 0.25) is 5.91 Å². The molecule has 0 spiro atoms. The van der Waals surface area contributed by atoms with Crippen LogP contribution in [0.25, 0.3) is 0 Å². The van der Waals surface area contributed by atoms with E-state index in [1.54, 1.807) is 18.2 Å². The van der Waals surface area contributed by atoms with E-state index in [-0.39, 0.29) is 18.1 Å². The minimum Gasteiger partial charge on any atom is -0.379 e. The lowest BCUT2D eigenvalue weighted by Crippen LogP contribution is -2.39. The van der Waals surface area contributed by atoms with Gasteiger partial charge in [0.1, 0.15) is 5.82 Å². The van der Waals surface area contributed by atoms with Crippen molar-refractivity contribution in [2.45, 2.75) is 25.7 Å². The van der Waals surface area contributed by atoms with Crippen LogP contribution in [0, 0.1) is 11.7 Å². The predicted octanol–water partition coefficient (Wildman–Crippen LogP) is 2.33. The van der Waals surface area contributed by atoms with Gasteiger partial charge in [-0.3, -0.25) is 9.69 Å². The number of carbonyl (C=O) groups excluding carboxylic acids is 1. The fourth-order valence-corrected chi connectivity index (χ4v) is 3.66. The first kappa shape index (κ1) is 17.4. The number of nitrogens with zero attached hydrogens (tertiary/aromatic N) is 2. The molecule has 5 heteroatoms. The zero-order valence-corrected chi connectivity index (χ0v) is 14.3. The Morgan fingerprint density at radius 3 is 2.71 bits per heavy atom. The number of carbonyl (C=O) groups is 1. The predicted molar refractivity (Wildman–Crippen MR) is 91.3 cm³/mol. The largest absolute Gasteiger partial charge is 0.379 e. The van der Waals surface area contributed by atoms with Gasteiger partial charge in [-0.05, 0) is 36.8 Å². The molecule has 2 fully saturated rings. The third-order valence-electron chi connectivity index (χ3n) is 5.12. The van der Waals surface area contributed by atoms with E-state index in [4.69, 9.17) is 4.74 Å². The van der Waals surface area contributed by atoms with Gasteiger partial charge in [-0.1, -0.05) is 18.2 Å². The molecule has 1 amide bonds. The first-order valence-corrected chi connectivity index (χ1v) is 9.03. The minimum atomic E-state index is -0.286. The van der Waals surface area contributed by atoms with Gasteiger partial charge in [-0.2, -0.15) is 0 Å². The molecule has 0 aliphatic carbocycles. The monoisotopic (exact) mass is 334 g/mol. The van der Waals surface area contributed by atoms with Crippen LogP contribution in [0.15, 0.2) is 24.3 Å². The molecule has 0 N–H and O–H groups in total. The molecule has 0 aromatic heterocycles. The van der Waals surface area contributed by atoms with Crippen LogP contribution in [0.3, 0.4) is 0 Å². The van der Waals surface area contributed by atoms with Crippen molar-refractivity contribution in [2.24, 2.45) is 5.92 Å². The van der Waals surface area contributed by atoms with Crippen molar-refractivity contribution in [3.63, 3.8) is 0 Å². The molecule has 1 unspecified atom stereocenters. The van der Waals surface area contributed by atoms with E-state index in [1.165, 1.54) is 12.5 Å². The Bertz CT molecular complexity index is 546. The van der Waals surface area contributed by atoms with E-state index < -0.39 is 0 Å². The van der Waals surface area contributed by atoms with E-state index in [1.807, 2.05) is 4.90 Å². The number of morpholine rings is 1. The zero-order chi connectivity index (χ0) is 16.8. The Labute approximate surface area is 143 Å². The third-order valence-corrected chi connectivity index (χ3v) is 5.12. The maximum atomic E-state index is 13.7. The Kier molecular flexibility index (Phi) is 6.21. The van der Waals surface area contributed by atoms with E-state index >= 15 is 0 Å². The lowest BCUT2D eigenvalue weighted by molar-refractivity contribution is -0.130. The number of rotatable bonds is 4. The number of hydrogen-bond acceptors (Lipinski definition) is 3. The number of benzene rings is 1. The molecule has 0 bridgehead atoms. The van der Waals surface area contributed by atoms with Crippen LogP contribution < -0.4 is 0 Å². The molecule has 24 heavy (non-hydrogen) atoms. The maximum Gasteiger partial charge on any atom is 0.227 e. The minimum absolute atomic E-state index is 0.0483. The lowest BCUT2D eigenvalue weighted by Gasteiger charge is -2.30. The molecule has 2 aliphatic rings. The highest BCUT2D eigenvalue weighted by Crippen LogP contribution is 2.20. The Morgan fingerprint density at radius 1 is 1.12 bits per heavy atom. The standard InChI is InChI=1S/C19H27FN2O2/c20-18-6-2-1-5-17(18)14-19(23)22-8-3-4-16(7-9-22)15-21-10-12-24-13-11-21/h1-2,5-6,16H,3-4,7-15H2. The van der Waals surface area contributed by atoms with Crippen LogP contribution in [-0.4, -0.2) is 61.6 Å². The smallest absolute Gasteiger partial charge is 0.227 e. The van der Waals surface area contributed by atoms with Gasteiger partial charge in [-0.25, -0.2) is 4.39 Å². The van der Waals surface area contributed by atoms with Crippen molar-refractivity contribution in [3.05, 3.63) is 35.6 Å². The first-order valence-electron chi connectivity index (χ1n) is 9.03. The number of amides is 1. The third kappa shape index (κ3) is 4.77. The summed E-state index contributed by atoms with van der Waals surface area (Å²) in [5, 5.41) is 0. The second kappa shape index (κ2) is 8.58. The van der Waals surface area contributed by atoms with E-state index in [0.29, 0.717) is 11.5 Å². The Morgan fingerprint density at radius 2 is 1.92 bits per heavy atom. The van der Waals surface area contributed by atoms with Gasteiger partial charge in [-0.15, -0.1) is 0 Å². The summed E-state index contributed by atoms with van der Waals surface area (Å²) in [6, 6.07) is 6.56. The van der Waals surface area contributed by atoms with Crippen LogP contribution in [-0.2, 0) is 16.0 Å². The van der Waals surface area contributed by atoms with Gasteiger partial charge in [0.05, 0.1) is 19.6 Å². The fraction of sp³-hybridized carbons (Fsp3) is 0.632. The highest BCUT2D eigenvalue weighted by molar-refractivity contribution is 5.78. The van der Waals surface area contributed by atoms with Crippen molar-refractivity contribution in [1.29, 1.82) is 0 Å². The molecule has 1 atom stereocenters. The molecule has 2 saturated heterocycles. The molecular formula is C19H27FN2O2. The van der Waals surface area contributed by atoms with Crippen LogP contribution >= 0.6 is 0 Å². The van der Waals surface area contributed by atoms with E-state index in [2.05, 4.69) is 4.90 Å². The van der Waals surface area contributed by atoms with Crippen molar-refractivity contribution in [1.82, 2.24) is 9.80 Å². The SMILES string of the molecule is O=C(Cc1ccccc1F)N1CCCC(CN2CCOCC2)CC1.